The summed E-state index contributed by atoms with van der Waals surface area (Å²) >= 11 is 0. The van der Waals surface area contributed by atoms with Crippen LogP contribution in [-0.4, -0.2) is 62.8 Å². The largest absolute Gasteiger partial charge is 0.428 e. The molecule has 3 aromatic rings. The number of carbonyl (C=O) groups is 1. The smallest absolute Gasteiger partial charge is 0.423 e. The van der Waals surface area contributed by atoms with Crippen LogP contribution in [0.1, 0.15) is 47.7 Å². The SMILES string of the molecule is CCCCCN(C)/C=C\c1cc(-c2ncc(OC(F)(F)CO)cn2)c(F)cc1C=O.Nc1cn[nH]c(=O)c1C(F)(F)F. The molecule has 0 bridgehead atoms. The van der Waals surface area contributed by atoms with E-state index in [1.807, 2.05) is 11.9 Å². The third-order valence-corrected chi connectivity index (χ3v) is 5.41. The number of benzene rings is 1. The highest BCUT2D eigenvalue weighted by Gasteiger charge is 2.36. The van der Waals surface area contributed by atoms with Crippen LogP contribution in [0.15, 0.2) is 41.7 Å². The number of hydrogen-bond donors (Lipinski definition) is 3. The number of rotatable bonds is 11. The number of anilines is 1. The Kier molecular flexibility index (Phi) is 12.0. The number of aromatic amines is 1. The van der Waals surface area contributed by atoms with Crippen molar-refractivity contribution in [1.29, 1.82) is 0 Å². The molecule has 0 unspecified atom stereocenters. The van der Waals surface area contributed by atoms with Gasteiger partial charge in [-0.1, -0.05) is 19.8 Å². The fraction of sp³-hybridized carbons (Fsp3) is 0.346. The van der Waals surface area contributed by atoms with Gasteiger partial charge >= 0.3 is 12.3 Å². The number of aliphatic hydroxyl groups excluding tert-OH is 1. The van der Waals surface area contributed by atoms with E-state index in [4.69, 9.17) is 10.8 Å². The summed E-state index contributed by atoms with van der Waals surface area (Å²) in [6.07, 6.45) is 1.43. The van der Waals surface area contributed by atoms with E-state index < -0.39 is 41.5 Å². The number of nitrogens with two attached hydrogens (primary N) is 1. The monoisotopic (exact) mass is 602 g/mol. The normalized spacial score (nSPS) is 11.6. The molecule has 0 saturated carbocycles. The molecule has 0 aliphatic carbocycles. The van der Waals surface area contributed by atoms with Gasteiger partial charge in [-0.2, -0.15) is 27.1 Å². The number of unbranched alkanes of at least 4 members (excludes halogenated alkanes) is 2. The lowest BCUT2D eigenvalue weighted by Crippen LogP contribution is -2.29. The lowest BCUT2D eigenvalue weighted by Gasteiger charge is -2.15. The Morgan fingerprint density at radius 1 is 1.10 bits per heavy atom. The Bertz CT molecular complexity index is 1410. The molecule has 1 aromatic carbocycles. The van der Waals surface area contributed by atoms with Gasteiger partial charge in [-0.05, 0) is 36.4 Å². The summed E-state index contributed by atoms with van der Waals surface area (Å²) in [5.74, 6) is -1.16. The van der Waals surface area contributed by atoms with E-state index in [0.717, 1.165) is 50.5 Å². The number of halogens is 6. The Balaban J connectivity index is 0.000000428. The van der Waals surface area contributed by atoms with Crippen molar-refractivity contribution in [3.05, 3.63) is 69.8 Å². The van der Waals surface area contributed by atoms with E-state index in [1.54, 1.807) is 17.4 Å². The molecule has 0 fully saturated rings. The third kappa shape index (κ3) is 9.87. The fourth-order valence-corrected chi connectivity index (χ4v) is 3.33. The van der Waals surface area contributed by atoms with E-state index in [0.29, 0.717) is 11.8 Å². The van der Waals surface area contributed by atoms with Crippen molar-refractivity contribution < 1.29 is 41.0 Å². The van der Waals surface area contributed by atoms with E-state index in [1.165, 1.54) is 6.07 Å². The number of aldehydes is 1. The van der Waals surface area contributed by atoms with Crippen molar-refractivity contribution >= 4 is 18.0 Å². The van der Waals surface area contributed by atoms with Gasteiger partial charge < -0.3 is 20.5 Å². The highest BCUT2D eigenvalue weighted by Crippen LogP contribution is 2.29. The number of nitrogens with zero attached hydrogens (tertiary/aromatic N) is 4. The van der Waals surface area contributed by atoms with Crippen molar-refractivity contribution in [3.8, 4) is 17.1 Å². The molecule has 0 saturated heterocycles. The number of carbonyl (C=O) groups excluding carboxylic acids is 1. The second-order valence-corrected chi connectivity index (χ2v) is 8.75. The molecule has 0 amide bonds. The standard InChI is InChI=1S/C21H24F3N3O3.C5H4F3N3O/c1-3-4-5-7-27(2)8-6-15-9-18(19(22)10-16(15)13-28)20-25-11-17(12-26-20)30-21(23,24)14-29;6-5(7,8)3-2(9)1-10-11-4(3)12/h6,8-13,29H,3-5,7,14H2,1-2H3;1H,(H3,9,11,12)/b8-6-;. The Morgan fingerprint density at radius 2 is 1.76 bits per heavy atom. The second-order valence-electron chi connectivity index (χ2n) is 8.75. The topological polar surface area (TPSA) is 147 Å². The number of nitrogen functional groups attached to an aromatic ring is 1. The Hall–Kier alpha value is -4.47. The fourth-order valence-electron chi connectivity index (χ4n) is 3.33. The van der Waals surface area contributed by atoms with Crippen LogP contribution in [0.5, 0.6) is 5.75 Å². The number of nitrogens with one attached hydrogen (secondary N) is 1. The van der Waals surface area contributed by atoms with Crippen LogP contribution >= 0.6 is 0 Å². The van der Waals surface area contributed by atoms with Crippen LogP contribution in [-0.2, 0) is 6.18 Å². The molecule has 0 aliphatic rings. The van der Waals surface area contributed by atoms with Gasteiger partial charge in [0, 0.05) is 19.2 Å². The minimum absolute atomic E-state index is 0.00866. The van der Waals surface area contributed by atoms with Gasteiger partial charge in [-0.25, -0.2) is 19.5 Å². The molecule has 2 aromatic heterocycles. The Labute approximate surface area is 235 Å². The molecule has 2 heterocycles. The molecule has 3 rings (SSSR count). The first-order valence-electron chi connectivity index (χ1n) is 12.3. The van der Waals surface area contributed by atoms with Gasteiger partial charge in [0.05, 0.1) is 29.8 Å². The molecule has 0 spiro atoms. The van der Waals surface area contributed by atoms with Crippen molar-refractivity contribution in [2.24, 2.45) is 0 Å². The van der Waals surface area contributed by atoms with Crippen LogP contribution < -0.4 is 16.0 Å². The summed E-state index contributed by atoms with van der Waals surface area (Å²) in [6, 6.07) is 2.50. The van der Waals surface area contributed by atoms with Gasteiger partial charge in [-0.3, -0.25) is 9.59 Å². The van der Waals surface area contributed by atoms with Crippen LogP contribution in [0.3, 0.4) is 0 Å². The predicted octanol–water partition coefficient (Wildman–Crippen LogP) is 4.52. The number of alkyl halides is 5. The molecular formula is C26H28F6N6O4. The van der Waals surface area contributed by atoms with Gasteiger partial charge in [-0.15, -0.1) is 0 Å². The number of hydrogen-bond acceptors (Lipinski definition) is 9. The summed E-state index contributed by atoms with van der Waals surface area (Å²) in [7, 11) is 1.90. The lowest BCUT2D eigenvalue weighted by atomic mass is 10.0. The molecule has 0 aliphatic heterocycles. The zero-order valence-corrected chi connectivity index (χ0v) is 22.5. The molecule has 10 nitrogen and oxygen atoms in total. The van der Waals surface area contributed by atoms with E-state index in [2.05, 4.69) is 26.7 Å². The second kappa shape index (κ2) is 15.0. The summed E-state index contributed by atoms with van der Waals surface area (Å²) < 4.78 is 80.8. The Morgan fingerprint density at radius 3 is 2.29 bits per heavy atom. The maximum absolute atomic E-state index is 14.5. The van der Waals surface area contributed by atoms with Crippen molar-refractivity contribution in [3.63, 3.8) is 0 Å². The summed E-state index contributed by atoms with van der Waals surface area (Å²) in [5.41, 5.74) is 2.14. The van der Waals surface area contributed by atoms with Crippen molar-refractivity contribution in [2.45, 2.75) is 38.5 Å². The lowest BCUT2D eigenvalue weighted by molar-refractivity contribution is -0.201. The van der Waals surface area contributed by atoms with E-state index in [-0.39, 0.29) is 22.7 Å². The highest BCUT2D eigenvalue weighted by molar-refractivity contribution is 5.84. The number of aliphatic hydroxyl groups is 1. The van der Waals surface area contributed by atoms with Gasteiger partial charge in [0.2, 0.25) is 0 Å². The molecule has 4 N–H and O–H groups in total. The van der Waals surface area contributed by atoms with Crippen LogP contribution in [0.4, 0.5) is 32.0 Å². The minimum Gasteiger partial charge on any atom is -0.428 e. The maximum atomic E-state index is 14.5. The molecule has 0 atom stereocenters. The zero-order valence-electron chi connectivity index (χ0n) is 22.5. The van der Waals surface area contributed by atoms with Gasteiger partial charge in [0.1, 0.15) is 18.0 Å². The highest BCUT2D eigenvalue weighted by atomic mass is 19.4. The van der Waals surface area contributed by atoms with Crippen molar-refractivity contribution in [2.75, 3.05) is 25.9 Å². The van der Waals surface area contributed by atoms with Gasteiger partial charge in [0.15, 0.2) is 17.9 Å². The quantitative estimate of drug-likeness (QED) is 0.164. The first-order valence-corrected chi connectivity index (χ1v) is 12.3. The number of H-pyrrole nitrogens is 1. The van der Waals surface area contributed by atoms with Gasteiger partial charge in [0.25, 0.3) is 5.56 Å². The molecule has 0 radical (unpaired) electrons. The summed E-state index contributed by atoms with van der Waals surface area (Å²) in [5, 5.41) is 13.3. The van der Waals surface area contributed by atoms with E-state index in [9.17, 15) is 35.9 Å². The van der Waals surface area contributed by atoms with E-state index >= 15 is 0 Å². The first-order chi connectivity index (χ1) is 19.7. The first kappa shape index (κ1) is 33.7. The van der Waals surface area contributed by atoms with Crippen LogP contribution in [0, 0.1) is 5.82 Å². The molecule has 228 valence electrons. The molecular weight excluding hydrogens is 574 g/mol. The minimum atomic E-state index is -4.74. The van der Waals surface area contributed by atoms with Crippen LogP contribution in [0.25, 0.3) is 17.5 Å². The average molecular weight is 603 g/mol. The van der Waals surface area contributed by atoms with Crippen LogP contribution in [0.2, 0.25) is 0 Å². The summed E-state index contributed by atoms with van der Waals surface area (Å²) in [6.45, 7) is 1.46. The number of aromatic nitrogens is 4. The van der Waals surface area contributed by atoms with Crippen molar-refractivity contribution in [1.82, 2.24) is 25.1 Å². The summed E-state index contributed by atoms with van der Waals surface area (Å²) in [4.78, 5) is 31.6. The number of ether oxygens (including phenoxy) is 1. The third-order valence-electron chi connectivity index (χ3n) is 5.41. The predicted molar refractivity (Wildman–Crippen MR) is 141 cm³/mol. The average Bonchev–Trinajstić information content (AvgIpc) is 2.92. The molecule has 42 heavy (non-hydrogen) atoms. The molecule has 16 heteroatoms. The maximum Gasteiger partial charge on any atom is 0.423 e. The zero-order chi connectivity index (χ0) is 31.5.